The van der Waals surface area contributed by atoms with E-state index in [1.165, 1.54) is 31.4 Å². The minimum atomic E-state index is -4.35. The van der Waals surface area contributed by atoms with Crippen LogP contribution < -0.4 is 26.3 Å². The molecule has 11 heteroatoms. The molecule has 0 amide bonds. The minimum absolute atomic E-state index is 0.128. The molecular weight excluding hydrogens is 596 g/mol. The molecule has 236 valence electrons. The second-order valence-electron chi connectivity index (χ2n) is 11.8. The molecule has 8 nitrogen and oxygen atoms in total. The standard InChI is InChI=1S/C34H37F2N5O3S/c1-22-18-26(35)6-10-29(22)25-4-8-28(9-5-25)45(3,43,44)39-14-17-41-15-12-24(13-16-41)20-38-21-31(37)33-30-19-27(36)7-11-32(30)40-34(33)23(2)42/h4,6,8,10,18-19,21,24,38,40H,12-17,20,37H2,1-3H3,(H2,39,43,44)/p+1/b31-21-. The first-order chi connectivity index (χ1) is 21.3. The number of H-pyrrole nitrogens is 1. The number of quaternary nitrogens is 1. The van der Waals surface area contributed by atoms with Gasteiger partial charge in [-0.25, -0.2) is 9.11 Å². The van der Waals surface area contributed by atoms with Gasteiger partial charge in [0.1, 0.15) is 10.7 Å². The van der Waals surface area contributed by atoms with Crippen LogP contribution in [0.1, 0.15) is 46.9 Å². The van der Waals surface area contributed by atoms with Crippen LogP contribution in [0.4, 0.5) is 8.78 Å². The van der Waals surface area contributed by atoms with E-state index in [0.29, 0.717) is 52.1 Å². The van der Waals surface area contributed by atoms with Crippen molar-refractivity contribution in [2.24, 2.45) is 5.92 Å². The third kappa shape index (κ3) is 7.42. The van der Waals surface area contributed by atoms with Gasteiger partial charge in [-0.2, -0.15) is 8.60 Å². The van der Waals surface area contributed by atoms with E-state index in [4.69, 9.17) is 0 Å². The van der Waals surface area contributed by atoms with E-state index in [1.54, 1.807) is 31.3 Å². The molecule has 7 N–H and O–H groups in total. The van der Waals surface area contributed by atoms with E-state index in [2.05, 4.69) is 48.6 Å². The molecule has 5 rings (SSSR count). The first-order valence-electron chi connectivity index (χ1n) is 14.8. The van der Waals surface area contributed by atoms with Gasteiger partial charge in [0.25, 0.3) is 0 Å². The van der Waals surface area contributed by atoms with Gasteiger partial charge in [-0.1, -0.05) is 11.8 Å². The molecule has 2 heterocycles. The largest absolute Gasteiger partial charge is 0.386 e. The number of fused-ring (bicyclic) bond motifs is 1. The summed E-state index contributed by atoms with van der Waals surface area (Å²) in [5.41, 5.74) is 18.7. The predicted molar refractivity (Wildman–Crippen MR) is 173 cm³/mol. The van der Waals surface area contributed by atoms with Crippen LogP contribution in [-0.2, 0) is 9.53 Å². The van der Waals surface area contributed by atoms with Crippen LogP contribution in [0, 0.1) is 18.7 Å². The van der Waals surface area contributed by atoms with E-state index in [1.807, 2.05) is 0 Å². The molecule has 0 radical (unpaired) electrons. The summed E-state index contributed by atoms with van der Waals surface area (Å²) in [6, 6.07) is 4.47. The summed E-state index contributed by atoms with van der Waals surface area (Å²) in [7, 11) is -4.35. The van der Waals surface area contributed by atoms with Crippen molar-refractivity contribution >= 4 is 38.4 Å². The Kier molecular flexibility index (Phi) is 9.13. The molecule has 2 aliphatic carbocycles. The van der Waals surface area contributed by atoms with Gasteiger partial charge in [-0.3, -0.25) is 9.35 Å². The maximum Gasteiger partial charge on any atom is 0.176 e. The lowest BCUT2D eigenvalue weighted by molar-refractivity contribution is -0.244. The number of hydrogen-bond donors (Lipinski definition) is 5. The van der Waals surface area contributed by atoms with E-state index in [9.17, 15) is 22.3 Å². The van der Waals surface area contributed by atoms with Crippen LogP contribution in [0.2, 0.25) is 0 Å². The number of allylic oxidation sites excluding steroid dienone is 4. The van der Waals surface area contributed by atoms with Gasteiger partial charge in [-0.05, 0) is 97.5 Å². The second-order valence-corrected chi connectivity index (χ2v) is 15.1. The number of Topliss-reactive ketones (excluding diaryl/α,β-unsaturated/α-hetero) is 1. The molecule has 1 saturated heterocycles. The normalized spacial score (nSPS) is 17.8. The van der Waals surface area contributed by atoms with Gasteiger partial charge in [0.15, 0.2) is 17.3 Å². The van der Waals surface area contributed by atoms with E-state index < -0.39 is 15.4 Å². The number of nitrogens with zero attached hydrogens (tertiary/aromatic N) is 1. The van der Waals surface area contributed by atoms with Gasteiger partial charge < -0.3 is 20.9 Å². The summed E-state index contributed by atoms with van der Waals surface area (Å²) in [5, 5.41) is 4.37. The second kappa shape index (κ2) is 12.7. The summed E-state index contributed by atoms with van der Waals surface area (Å²) < 4.78 is 54.8. The number of carbonyl (C=O) groups is 1. The molecule has 0 spiro atoms. The first kappa shape index (κ1) is 32.3. The molecule has 1 aliphatic heterocycles. The lowest BCUT2D eigenvalue weighted by Gasteiger charge is -2.41. The van der Waals surface area contributed by atoms with Crippen molar-refractivity contribution < 1.29 is 28.1 Å². The van der Waals surface area contributed by atoms with Gasteiger partial charge in [0.2, 0.25) is 0 Å². The van der Waals surface area contributed by atoms with Gasteiger partial charge in [0, 0.05) is 43.6 Å². The monoisotopic (exact) mass is 634 g/mol. The Labute approximate surface area is 260 Å². The van der Waals surface area contributed by atoms with Crippen LogP contribution in [0.15, 0.2) is 64.5 Å². The fourth-order valence-electron chi connectivity index (χ4n) is 5.74. The molecule has 45 heavy (non-hydrogen) atoms. The lowest BCUT2D eigenvalue weighted by Crippen LogP contribution is -2.50. The average molecular weight is 635 g/mol. The van der Waals surface area contributed by atoms with Crippen LogP contribution in [0.5, 0.6) is 0 Å². The number of piperidine rings is 1. The minimum Gasteiger partial charge on any atom is -0.386 e. The summed E-state index contributed by atoms with van der Waals surface area (Å²) in [6.45, 7) is 6.61. The molecule has 0 atom stereocenters. The van der Waals surface area contributed by atoms with Crippen molar-refractivity contribution in [2.75, 3.05) is 39.0 Å². The fraction of sp³-hybridized carbons (Fsp3) is 0.324. The Morgan fingerprint density at radius 1 is 1.20 bits per heavy atom. The third-order valence-corrected chi connectivity index (χ3v) is 10.4. The Hall–Kier alpha value is -4.10. The van der Waals surface area contributed by atoms with Gasteiger partial charge >= 0.3 is 0 Å². The zero-order valence-corrected chi connectivity index (χ0v) is 26.5. The van der Waals surface area contributed by atoms with Crippen LogP contribution in [0.3, 0.4) is 0 Å². The molecule has 0 bridgehead atoms. The highest BCUT2D eigenvalue weighted by Crippen LogP contribution is 2.29. The molecular formula is C34H38F2N5O3S+. The highest BCUT2D eigenvalue weighted by Gasteiger charge is 2.27. The molecule has 3 aliphatic rings. The van der Waals surface area contributed by atoms with Crippen molar-refractivity contribution in [3.05, 3.63) is 103 Å². The Bertz CT molecular complexity index is 2000. The zero-order valence-electron chi connectivity index (χ0n) is 25.7. The molecule has 1 fully saturated rings. The first-order valence-corrected chi connectivity index (χ1v) is 17.1. The smallest absolute Gasteiger partial charge is 0.176 e. The number of benzene rings is 1. The number of halogens is 2. The van der Waals surface area contributed by atoms with Crippen molar-refractivity contribution in [1.82, 2.24) is 19.9 Å². The predicted octanol–water partition coefficient (Wildman–Crippen LogP) is 2.41. The number of rotatable bonds is 11. The molecule has 0 unspecified atom stereocenters. The Morgan fingerprint density at radius 3 is 2.62 bits per heavy atom. The van der Waals surface area contributed by atoms with E-state index >= 15 is 0 Å². The van der Waals surface area contributed by atoms with Gasteiger partial charge in [0.05, 0.1) is 22.8 Å². The third-order valence-electron chi connectivity index (χ3n) is 8.27. The quantitative estimate of drug-likeness (QED) is 0.192. The fourth-order valence-corrected chi connectivity index (χ4v) is 7.14. The summed E-state index contributed by atoms with van der Waals surface area (Å²) in [5.74, 6) is -0.632. The Balaban J connectivity index is 1.12. The van der Waals surface area contributed by atoms with Crippen molar-refractivity contribution in [3.63, 3.8) is 0 Å². The maximum atomic E-state index is 13.8. The van der Waals surface area contributed by atoms with Crippen molar-refractivity contribution in [2.45, 2.75) is 26.7 Å². The maximum absolute atomic E-state index is 13.8. The van der Waals surface area contributed by atoms with Crippen LogP contribution >= 0.6 is 0 Å². The molecule has 1 aromatic heterocycles. The van der Waals surface area contributed by atoms with E-state index in [0.717, 1.165) is 43.6 Å². The molecule has 0 saturated carbocycles. The van der Waals surface area contributed by atoms with Gasteiger partial charge in [-0.15, -0.1) is 9.53 Å². The zero-order chi connectivity index (χ0) is 32.4. The lowest BCUT2D eigenvalue weighted by atomic mass is 9.97. The van der Waals surface area contributed by atoms with E-state index in [-0.39, 0.29) is 16.5 Å². The van der Waals surface area contributed by atoms with Crippen LogP contribution in [0.25, 0.3) is 23.1 Å². The number of likely N-dealkylation sites (tertiary alicyclic amines) is 1. The van der Waals surface area contributed by atoms with Crippen LogP contribution in [-0.4, -0.2) is 63.4 Å². The topological polar surface area (TPSA) is 125 Å². The average Bonchev–Trinajstić information content (AvgIpc) is 3.37. The summed E-state index contributed by atoms with van der Waals surface area (Å²) in [6.07, 6.45) is 9.54. The number of ketones is 1. The summed E-state index contributed by atoms with van der Waals surface area (Å²) in [4.78, 5) is 17.6. The number of carbonyl (C=O) groups excluding carboxylic acids is 1. The highest BCUT2D eigenvalue weighted by molar-refractivity contribution is 8.16. The number of hydrogen-bond acceptors (Lipinski definition) is 4. The highest BCUT2D eigenvalue weighted by atomic mass is 32.3. The Morgan fingerprint density at radius 2 is 1.96 bits per heavy atom. The number of aryl methyl sites for hydroxylation is 1. The number of aromatic nitrogens is 1. The van der Waals surface area contributed by atoms with Crippen molar-refractivity contribution in [3.8, 4) is 0 Å². The van der Waals surface area contributed by atoms with Crippen molar-refractivity contribution in [1.29, 1.82) is 0 Å². The molecule has 2 aromatic rings. The number of aromatic amines is 1. The summed E-state index contributed by atoms with van der Waals surface area (Å²) >= 11 is 0. The number of nitrogens with one attached hydrogen (secondary N) is 3. The SMILES string of the molecule is CC(=O)c1[nH]c2c(c1/C([NH3+])=C/NCC1CCN(CCNS(C)(=O)(O)C3=C=C=C(c4ccc(F)cc4C)C=C3)CC1)=CC(F)=C=C=2. The molecule has 1 aromatic carbocycles.